The van der Waals surface area contributed by atoms with Gasteiger partial charge in [-0.1, -0.05) is 104 Å². The van der Waals surface area contributed by atoms with Gasteiger partial charge in [0.05, 0.1) is 113 Å². The third-order valence-electron chi connectivity index (χ3n) is 23.6. The van der Waals surface area contributed by atoms with E-state index in [-0.39, 0.29) is 171 Å². The number of ether oxygens (including phenoxy) is 3. The summed E-state index contributed by atoms with van der Waals surface area (Å²) in [5, 5.41) is 89.8. The average Bonchev–Trinajstić information content (AvgIpc) is 1.65. The van der Waals surface area contributed by atoms with Crippen molar-refractivity contribution in [3.8, 4) is 5.75 Å². The number of rotatable bonds is 74. The molecule has 1 fully saturated rings. The second-order valence-electron chi connectivity index (χ2n) is 36.8. The van der Waals surface area contributed by atoms with Gasteiger partial charge in [-0.3, -0.25) is 102 Å². The summed E-state index contributed by atoms with van der Waals surface area (Å²) in [6.45, 7) is 15.5. The number of guanidine groups is 3. The fourth-order valence-electron chi connectivity index (χ4n) is 15.5. The maximum Gasteiger partial charge on any atom is 0.335 e. The Balaban J connectivity index is 1.82. The molecule has 47 nitrogen and oxygen atoms in total. The van der Waals surface area contributed by atoms with Crippen LogP contribution in [0.4, 0.5) is 0 Å². The summed E-state index contributed by atoms with van der Waals surface area (Å²) in [6.07, 6.45) is -9.25. The van der Waals surface area contributed by atoms with Crippen LogP contribution in [0.25, 0.3) is 0 Å². The molecule has 0 bridgehead atoms. The Bertz CT molecular complexity index is 4700. The Hall–Kier alpha value is -12.4. The number of primary amides is 1. The molecule has 142 heavy (non-hydrogen) atoms. The molecule has 0 aliphatic carbocycles. The summed E-state index contributed by atoms with van der Waals surface area (Å²) >= 11 is 0. The highest BCUT2D eigenvalue weighted by atomic mass is 32.2. The van der Waals surface area contributed by atoms with E-state index in [9.17, 15) is 115 Å². The third kappa shape index (κ3) is 47.9. The Kier molecular flexibility index (Phi) is 56.0. The number of imide groups is 1. The predicted molar refractivity (Wildman–Crippen MR) is 515 cm³/mol. The molecule has 1 aliphatic heterocycles. The van der Waals surface area contributed by atoms with Gasteiger partial charge in [-0.15, -0.1) is 5.06 Å². The summed E-state index contributed by atoms with van der Waals surface area (Å²) in [4.78, 5) is 254. The number of phenolic OH excluding ortho intramolecular Hbond substituents is 1. The minimum absolute atomic E-state index is 0.00772. The zero-order valence-electron chi connectivity index (χ0n) is 82.5. The molecule has 794 valence electrons. The number of nitrogens with two attached hydrogens (primary N) is 4. The smallest absolute Gasteiger partial charge is 0.335 e. The SMILES string of the molecule is CC[C@H](C)[C@H](NC(=O)[C@@H](CC(=O)[C@@H](NC(=O)[C@@H](CC(=O)[C@H](Cc1ccccc1)NC(=O)[C@@H](CC(=O)[C@H](CC(C)C)NC(=O)[C@H](CCCNC(=N)N)CC(=O)CNC(=O)CCOCCOCCOCCC(=O)ON1C(=O)CC(S(=O)(=O)O)C1=O)CC(C)C)C(C)O)C(C)C)C(C)O)C(=O)C[C@@H](CCC(=O)O)C(=O)N[C@@H](CCCNC(=N)N)C(=O)C[C@@H](Cc1ccc(O)cc1)C(=O)N[C@@H](CCCNC(=N)N)C(N)=O. The van der Waals surface area contributed by atoms with Crippen molar-refractivity contribution in [3.05, 3.63) is 65.7 Å². The summed E-state index contributed by atoms with van der Waals surface area (Å²) in [6, 6.07) is 5.82. The lowest BCUT2D eigenvalue weighted by atomic mass is 9.85. The highest BCUT2D eigenvalue weighted by molar-refractivity contribution is 7.87. The molecule has 0 saturated carbocycles. The predicted octanol–water partition coefficient (Wildman–Crippen LogP) is -0.346. The van der Waals surface area contributed by atoms with Crippen LogP contribution >= 0.6 is 0 Å². The number of ketones is 6. The van der Waals surface area contributed by atoms with E-state index < -0.39 is 294 Å². The standard InChI is InChI=1S/C94H148N18O29S/c1-11-55(8)83(75(120)45-61(25-28-80(124)125)86(129)106-68(21-16-32-103-93(98)99)72(117)47-63(42-59-23-26-64(115)27-24-59)88(131)107-69(84(95)127)22-17-33-104-94(100)101)111-90(133)67(57(10)114)49-76(121)82(54(6)7)110-89(132)66(56(9)113)48-74(119)71(43-58-18-13-12-14-19-58)109-87(130)62(40-52(2)3)46-73(118)70(41-53(4)5)108-85(128)60(20-15-31-102-92(96)97)44-65(116)51-105-78(122)29-34-138-36-38-140-39-37-139-35-30-81(126)141-112-79(123)50-77(91(112)134)142(135,136)137/h12-14,18-19,23-24,26-27,52-57,60-63,66-71,77,82-83,113-115H,11,15-17,20-22,25,28-51H2,1-10H3,(H2,95,127)(H,105,122)(H,106,129)(H,107,131)(H,108,128)(H,109,130)(H,110,132)(H,111,133)(H,124,125)(H4,96,97,102)(H4,98,99,103)(H4,100,101,104)(H,135,136,137)/t55-,56?,57?,60+,61+,62+,63+,66-,67-,68-,69-,70-,71-,77?,82-,83-/m0/s1. The van der Waals surface area contributed by atoms with E-state index in [1.807, 2.05) is 0 Å². The molecule has 10 amide bonds. The largest absolute Gasteiger partial charge is 0.508 e. The van der Waals surface area contributed by atoms with Crippen LogP contribution in [0.5, 0.6) is 5.75 Å². The van der Waals surface area contributed by atoms with Crippen molar-refractivity contribution in [1.29, 1.82) is 16.2 Å². The number of nitrogens with zero attached hydrogens (tertiary/aromatic N) is 1. The van der Waals surface area contributed by atoms with E-state index in [1.165, 1.54) is 38.1 Å². The number of Topliss-reactive ketones (excluding diaryl/α,β-unsaturated/α-hetero) is 6. The van der Waals surface area contributed by atoms with E-state index in [0.29, 0.717) is 11.1 Å². The van der Waals surface area contributed by atoms with E-state index in [0.717, 1.165) is 0 Å². The first-order valence-electron chi connectivity index (χ1n) is 47.7. The van der Waals surface area contributed by atoms with Gasteiger partial charge in [0, 0.05) is 94.7 Å². The number of aromatic hydroxyl groups is 1. The number of aliphatic hydroxyl groups excluding tert-OH is 2. The molecule has 1 aliphatic rings. The minimum atomic E-state index is -4.91. The van der Waals surface area contributed by atoms with Gasteiger partial charge in [-0.2, -0.15) is 8.42 Å². The number of carbonyl (C=O) groups is 18. The van der Waals surface area contributed by atoms with Gasteiger partial charge in [0.25, 0.3) is 21.9 Å². The van der Waals surface area contributed by atoms with Crippen molar-refractivity contribution < 1.29 is 139 Å². The molecular formula is C94H148N18O29S. The number of carbonyl (C=O) groups excluding carboxylic acids is 17. The van der Waals surface area contributed by atoms with Crippen molar-refractivity contribution in [2.75, 3.05) is 65.8 Å². The highest BCUT2D eigenvalue weighted by Gasteiger charge is 2.49. The van der Waals surface area contributed by atoms with Crippen LogP contribution in [0.1, 0.15) is 209 Å². The van der Waals surface area contributed by atoms with Gasteiger partial charge in [0.1, 0.15) is 11.8 Å². The number of hydrogen-bond acceptors (Lipinski definition) is 30. The van der Waals surface area contributed by atoms with Crippen LogP contribution in [0.2, 0.25) is 0 Å². The van der Waals surface area contributed by atoms with Gasteiger partial charge < -0.3 is 116 Å². The molecule has 0 aromatic heterocycles. The zero-order chi connectivity index (χ0) is 107. The fourth-order valence-corrected chi connectivity index (χ4v) is 16.2. The quantitative estimate of drug-likeness (QED) is 0.0132. The Morgan fingerprint density at radius 3 is 1.41 bits per heavy atom. The van der Waals surface area contributed by atoms with Crippen molar-refractivity contribution in [3.63, 3.8) is 0 Å². The van der Waals surface area contributed by atoms with Gasteiger partial charge in [-0.05, 0) is 131 Å². The monoisotopic (exact) mass is 2030 g/mol. The molecule has 0 radical (unpaired) electrons. The van der Waals surface area contributed by atoms with Crippen LogP contribution in [0, 0.1) is 75.4 Å². The second kappa shape index (κ2) is 64.2. The number of carboxylic acids is 1. The number of amides is 10. The highest BCUT2D eigenvalue weighted by Crippen LogP contribution is 2.28. The topological polar surface area (TPSA) is 779 Å². The van der Waals surface area contributed by atoms with Crippen molar-refractivity contribution in [2.24, 2.45) is 82.1 Å². The molecule has 48 heteroatoms. The number of phenols is 1. The van der Waals surface area contributed by atoms with Gasteiger partial charge in [-0.25, -0.2) is 4.79 Å². The number of nitrogens with one attached hydrogen (secondary N) is 13. The lowest BCUT2D eigenvalue weighted by Crippen LogP contribution is -2.53. The first kappa shape index (κ1) is 124. The maximum atomic E-state index is 15.0. The Morgan fingerprint density at radius 1 is 0.472 bits per heavy atom. The summed E-state index contributed by atoms with van der Waals surface area (Å²) in [5.74, 6) is -27.5. The summed E-state index contributed by atoms with van der Waals surface area (Å²) < 4.78 is 47.9. The fraction of sp³-hybridized carbons (Fsp3) is 0.649. The lowest BCUT2D eigenvalue weighted by molar-refractivity contribution is -0.198. The first-order chi connectivity index (χ1) is 66.7. The summed E-state index contributed by atoms with van der Waals surface area (Å²) in [5.41, 5.74) is 23.1. The second-order valence-corrected chi connectivity index (χ2v) is 38.4. The molecule has 16 atom stereocenters. The molecular weight excluding hydrogens is 1880 g/mol. The van der Waals surface area contributed by atoms with Gasteiger partial charge >= 0.3 is 11.9 Å². The van der Waals surface area contributed by atoms with Crippen molar-refractivity contribution in [1.82, 2.24) is 58.2 Å². The van der Waals surface area contributed by atoms with E-state index >= 15 is 0 Å². The number of carboxylic acid groups (broad SMARTS) is 1. The minimum Gasteiger partial charge on any atom is -0.508 e. The Labute approximate surface area is 826 Å². The molecule has 3 rings (SSSR count). The molecule has 1 saturated heterocycles. The van der Waals surface area contributed by atoms with Crippen molar-refractivity contribution in [2.45, 2.75) is 264 Å². The van der Waals surface area contributed by atoms with Crippen LogP contribution in [0.3, 0.4) is 0 Å². The summed E-state index contributed by atoms with van der Waals surface area (Å²) in [7, 11) is -4.91. The van der Waals surface area contributed by atoms with Crippen LogP contribution in [0.15, 0.2) is 54.6 Å². The number of aliphatic hydroxyl groups is 2. The Morgan fingerprint density at radius 2 is 0.908 bits per heavy atom. The average molecular weight is 2030 g/mol. The molecule has 26 N–H and O–H groups in total. The normalized spacial score (nSPS) is 15.8. The molecule has 2 aromatic carbocycles. The number of benzene rings is 2. The third-order valence-corrected chi connectivity index (χ3v) is 24.7. The first-order valence-corrected chi connectivity index (χ1v) is 49.2. The maximum absolute atomic E-state index is 15.0. The molecule has 0 spiro atoms. The van der Waals surface area contributed by atoms with Gasteiger partial charge in [0.2, 0.25) is 47.3 Å². The van der Waals surface area contributed by atoms with Crippen molar-refractivity contribution >= 4 is 134 Å². The number of hydroxylamine groups is 2. The van der Waals surface area contributed by atoms with E-state index in [2.05, 4.69) is 58.0 Å². The van der Waals surface area contributed by atoms with Crippen LogP contribution in [-0.4, -0.2) is 282 Å². The number of aliphatic carboxylic acids is 1. The van der Waals surface area contributed by atoms with E-state index in [1.54, 1.807) is 85.7 Å². The number of hydrogen-bond donors (Lipinski definition) is 22. The lowest BCUT2D eigenvalue weighted by Gasteiger charge is -2.30. The zero-order valence-corrected chi connectivity index (χ0v) is 83.3. The molecule has 3 unspecified atom stereocenters. The van der Waals surface area contributed by atoms with Crippen LogP contribution in [-0.2, 0) is 128 Å². The molecule has 2 aromatic rings. The van der Waals surface area contributed by atoms with Gasteiger partial charge in [0.15, 0.2) is 57.8 Å². The molecule has 1 heterocycles. The van der Waals surface area contributed by atoms with E-state index in [4.69, 9.17) is 57.9 Å². The van der Waals surface area contributed by atoms with Crippen LogP contribution < -0.4 is 76.1 Å².